The average Bonchev–Trinajstić information content (AvgIpc) is 2.05. The van der Waals surface area contributed by atoms with Crippen LogP contribution in [0.1, 0.15) is 32.1 Å². The highest BCUT2D eigenvalue weighted by Crippen LogP contribution is 2.21. The topological polar surface area (TPSA) is 55.1 Å². The van der Waals surface area contributed by atoms with Gasteiger partial charge in [0.2, 0.25) is 5.91 Å². The summed E-state index contributed by atoms with van der Waals surface area (Å²) in [6, 6.07) is -0.510. The molecule has 1 aliphatic carbocycles. The number of carbonyl (C=O) groups excluding carboxylic acids is 1. The molecule has 1 aliphatic rings. The summed E-state index contributed by atoms with van der Waals surface area (Å²) in [4.78, 5) is 11.0. The zero-order valence-electron chi connectivity index (χ0n) is 8.31. The molecule has 2 atom stereocenters. The zero-order valence-corrected chi connectivity index (χ0v) is 8.31. The molecule has 0 aromatic rings. The van der Waals surface area contributed by atoms with Crippen molar-refractivity contribution in [2.75, 3.05) is 0 Å². The number of nitrogens with one attached hydrogen (secondary N) is 1. The highest BCUT2D eigenvalue weighted by atomic mass is 19.4. The van der Waals surface area contributed by atoms with Gasteiger partial charge in [-0.15, -0.1) is 0 Å². The minimum atomic E-state index is -4.44. The van der Waals surface area contributed by atoms with Crippen LogP contribution in [0, 0.1) is 0 Å². The van der Waals surface area contributed by atoms with Crippen LogP contribution in [-0.2, 0) is 4.79 Å². The molecule has 1 saturated carbocycles. The second-order valence-electron chi connectivity index (χ2n) is 3.91. The van der Waals surface area contributed by atoms with Gasteiger partial charge in [0.05, 0.1) is 0 Å². The van der Waals surface area contributed by atoms with Crippen LogP contribution in [-0.4, -0.2) is 24.2 Å². The van der Waals surface area contributed by atoms with E-state index in [1.807, 2.05) is 0 Å². The lowest BCUT2D eigenvalue weighted by Gasteiger charge is -2.29. The van der Waals surface area contributed by atoms with E-state index in [2.05, 4.69) is 5.32 Å². The second kappa shape index (κ2) is 4.83. The van der Waals surface area contributed by atoms with E-state index in [1.165, 1.54) is 0 Å². The first-order valence-electron chi connectivity index (χ1n) is 5.00. The Hall–Kier alpha value is -0.780. The molecule has 88 valence electrons. The van der Waals surface area contributed by atoms with Gasteiger partial charge in [0.25, 0.3) is 0 Å². The lowest BCUT2D eigenvalue weighted by molar-refractivity contribution is -0.154. The summed E-state index contributed by atoms with van der Waals surface area (Å²) in [6.07, 6.45) is -2.54. The number of hydrogen-bond acceptors (Lipinski definition) is 2. The van der Waals surface area contributed by atoms with Crippen LogP contribution in [0.2, 0.25) is 0 Å². The van der Waals surface area contributed by atoms with Crippen molar-refractivity contribution in [2.45, 2.75) is 50.4 Å². The third kappa shape index (κ3) is 4.51. The smallest absolute Gasteiger partial charge is 0.352 e. The summed E-state index contributed by atoms with van der Waals surface area (Å²) in [5, 5.41) is 2.34. The van der Waals surface area contributed by atoms with Crippen molar-refractivity contribution in [3.63, 3.8) is 0 Å². The Balaban J connectivity index is 2.36. The molecule has 3 nitrogen and oxygen atoms in total. The number of halogens is 3. The number of alkyl halides is 3. The van der Waals surface area contributed by atoms with E-state index in [9.17, 15) is 18.0 Å². The molecule has 0 spiro atoms. The van der Waals surface area contributed by atoms with Crippen LogP contribution in [0.25, 0.3) is 0 Å². The van der Waals surface area contributed by atoms with E-state index in [1.54, 1.807) is 0 Å². The number of amides is 1. The molecular weight excluding hydrogens is 209 g/mol. The Morgan fingerprint density at radius 1 is 1.33 bits per heavy atom. The molecule has 6 heteroatoms. The molecule has 0 aliphatic heterocycles. The molecule has 1 rings (SSSR count). The fourth-order valence-corrected chi connectivity index (χ4v) is 1.78. The summed E-state index contributed by atoms with van der Waals surface area (Å²) < 4.78 is 35.6. The van der Waals surface area contributed by atoms with Crippen molar-refractivity contribution >= 4 is 5.91 Å². The Morgan fingerprint density at radius 3 is 2.47 bits per heavy atom. The minimum Gasteiger partial charge on any atom is -0.352 e. The third-order valence-corrected chi connectivity index (χ3v) is 2.53. The number of carbonyl (C=O) groups is 1. The normalized spacial score (nSPS) is 27.5. The average molecular weight is 224 g/mol. The molecule has 0 heterocycles. The summed E-state index contributed by atoms with van der Waals surface area (Å²) in [5.74, 6) is -0.982. The van der Waals surface area contributed by atoms with Gasteiger partial charge in [0, 0.05) is 12.1 Å². The standard InChI is InChI=1S/C9H15F3N2O/c10-9(11,12)5-8(15)14-7-4-2-1-3-6(7)13/h6-7H,1-5,13H2,(H,14,15)/t6-,7-/m1/s1. The fraction of sp³-hybridized carbons (Fsp3) is 0.889. The van der Waals surface area contributed by atoms with Crippen LogP contribution >= 0.6 is 0 Å². The molecule has 15 heavy (non-hydrogen) atoms. The van der Waals surface area contributed by atoms with Crippen LogP contribution in [0.3, 0.4) is 0 Å². The summed E-state index contributed by atoms with van der Waals surface area (Å²) in [6.45, 7) is 0. The monoisotopic (exact) mass is 224 g/mol. The maximum atomic E-state index is 11.9. The first kappa shape index (κ1) is 12.3. The van der Waals surface area contributed by atoms with Gasteiger partial charge in [-0.2, -0.15) is 13.2 Å². The highest BCUT2D eigenvalue weighted by Gasteiger charge is 2.33. The molecule has 0 radical (unpaired) electrons. The van der Waals surface area contributed by atoms with Crippen molar-refractivity contribution in [2.24, 2.45) is 5.73 Å². The minimum absolute atomic E-state index is 0.212. The molecule has 1 amide bonds. The first-order valence-corrected chi connectivity index (χ1v) is 5.00. The van der Waals surface area contributed by atoms with Crippen LogP contribution in [0.4, 0.5) is 13.2 Å². The predicted molar refractivity (Wildman–Crippen MR) is 49.0 cm³/mol. The van der Waals surface area contributed by atoms with Crippen molar-refractivity contribution in [3.05, 3.63) is 0 Å². The van der Waals surface area contributed by atoms with Gasteiger partial charge in [-0.05, 0) is 12.8 Å². The Morgan fingerprint density at radius 2 is 1.93 bits per heavy atom. The van der Waals surface area contributed by atoms with E-state index >= 15 is 0 Å². The molecule has 0 aromatic carbocycles. The van der Waals surface area contributed by atoms with Gasteiger partial charge in [-0.25, -0.2) is 0 Å². The molecule has 0 bridgehead atoms. The van der Waals surface area contributed by atoms with Gasteiger partial charge in [-0.3, -0.25) is 4.79 Å². The van der Waals surface area contributed by atoms with E-state index in [-0.39, 0.29) is 12.1 Å². The van der Waals surface area contributed by atoms with Crippen molar-refractivity contribution in [1.29, 1.82) is 0 Å². The molecule has 1 fully saturated rings. The fourth-order valence-electron chi connectivity index (χ4n) is 1.78. The largest absolute Gasteiger partial charge is 0.397 e. The van der Waals surface area contributed by atoms with Gasteiger partial charge < -0.3 is 11.1 Å². The Labute approximate surface area is 86.2 Å². The lowest BCUT2D eigenvalue weighted by atomic mass is 9.91. The second-order valence-corrected chi connectivity index (χ2v) is 3.91. The predicted octanol–water partition coefficient (Wildman–Crippen LogP) is 1.32. The molecule has 0 saturated heterocycles. The highest BCUT2D eigenvalue weighted by molar-refractivity contribution is 5.77. The first-order chi connectivity index (χ1) is 6.88. The van der Waals surface area contributed by atoms with Crippen molar-refractivity contribution in [3.8, 4) is 0 Å². The Bertz CT molecular complexity index is 230. The molecule has 0 aromatic heterocycles. The molecule has 3 N–H and O–H groups in total. The van der Waals surface area contributed by atoms with Gasteiger partial charge in [-0.1, -0.05) is 12.8 Å². The molecular formula is C9H15F3N2O. The van der Waals surface area contributed by atoms with Gasteiger partial charge >= 0.3 is 6.18 Å². The quantitative estimate of drug-likeness (QED) is 0.743. The molecule has 0 unspecified atom stereocenters. The Kier molecular flexibility index (Phi) is 3.96. The summed E-state index contributed by atoms with van der Waals surface area (Å²) >= 11 is 0. The van der Waals surface area contributed by atoms with E-state index < -0.39 is 18.5 Å². The maximum Gasteiger partial charge on any atom is 0.397 e. The zero-order chi connectivity index (χ0) is 11.5. The lowest BCUT2D eigenvalue weighted by Crippen LogP contribution is -2.49. The van der Waals surface area contributed by atoms with Crippen molar-refractivity contribution in [1.82, 2.24) is 5.32 Å². The van der Waals surface area contributed by atoms with Crippen LogP contribution < -0.4 is 11.1 Å². The van der Waals surface area contributed by atoms with Gasteiger partial charge in [0.1, 0.15) is 6.42 Å². The van der Waals surface area contributed by atoms with E-state index in [0.717, 1.165) is 19.3 Å². The van der Waals surface area contributed by atoms with E-state index in [4.69, 9.17) is 5.73 Å². The maximum absolute atomic E-state index is 11.9. The van der Waals surface area contributed by atoms with Crippen LogP contribution in [0.5, 0.6) is 0 Å². The third-order valence-electron chi connectivity index (χ3n) is 2.53. The van der Waals surface area contributed by atoms with E-state index in [0.29, 0.717) is 6.42 Å². The summed E-state index contributed by atoms with van der Waals surface area (Å²) in [5.41, 5.74) is 5.70. The number of nitrogens with two attached hydrogens (primary N) is 1. The SMILES string of the molecule is N[C@@H]1CCCC[C@H]1NC(=O)CC(F)(F)F. The number of hydrogen-bond donors (Lipinski definition) is 2. The van der Waals surface area contributed by atoms with Crippen molar-refractivity contribution < 1.29 is 18.0 Å². The van der Waals surface area contributed by atoms with Gasteiger partial charge in [0.15, 0.2) is 0 Å². The van der Waals surface area contributed by atoms with Crippen LogP contribution in [0.15, 0.2) is 0 Å². The summed E-state index contributed by atoms with van der Waals surface area (Å²) in [7, 11) is 0. The number of rotatable bonds is 2.